The zero-order chi connectivity index (χ0) is 24.8. The average Bonchev–Trinajstić information content (AvgIpc) is 3.24. The van der Waals surface area contributed by atoms with Crippen molar-refractivity contribution in [3.63, 3.8) is 0 Å². The maximum Gasteiger partial charge on any atom is 0.216 e. The quantitative estimate of drug-likeness (QED) is 0.476. The molecule has 0 aliphatic carbocycles. The van der Waals surface area contributed by atoms with Crippen molar-refractivity contribution >= 4 is 11.6 Å². The van der Waals surface area contributed by atoms with Crippen LogP contribution in [0.25, 0.3) is 0 Å². The fraction of sp³-hybridized carbons (Fsp3) is 0.571. The van der Waals surface area contributed by atoms with Gasteiger partial charge in [0.1, 0.15) is 6.23 Å². The average molecular weight is 502 g/mol. The number of likely N-dealkylation sites (tertiary alicyclic amines) is 2. The Morgan fingerprint density at radius 1 is 1.03 bits per heavy atom. The third-order valence-electron chi connectivity index (χ3n) is 7.74. The highest BCUT2D eigenvalue weighted by Gasteiger charge is 2.36. The Balaban J connectivity index is 1.24. The number of nitrogens with zero attached hydrogens (tertiary/aromatic N) is 3. The van der Waals surface area contributed by atoms with Gasteiger partial charge in [-0.05, 0) is 49.4 Å². The smallest absolute Gasteiger partial charge is 0.216 e. The molecule has 0 aromatic heterocycles. The van der Waals surface area contributed by atoms with Crippen LogP contribution in [0, 0.1) is 11.8 Å². The fourth-order valence-corrected chi connectivity index (χ4v) is 5.83. The number of rotatable bonds is 10. The van der Waals surface area contributed by atoms with Gasteiger partial charge in [0, 0.05) is 42.8 Å². The third-order valence-corrected chi connectivity index (χ3v) is 8.08. The molecular formula is C28H40ClN3O3. The molecule has 4 atom stereocenters. The van der Waals surface area contributed by atoms with Crippen molar-refractivity contribution in [3.8, 4) is 0 Å². The largest absolute Gasteiger partial charge is 0.374 e. The third kappa shape index (κ3) is 6.83. The van der Waals surface area contributed by atoms with Crippen LogP contribution >= 0.6 is 11.6 Å². The highest BCUT2D eigenvalue weighted by atomic mass is 35.5. The molecule has 0 saturated carbocycles. The summed E-state index contributed by atoms with van der Waals surface area (Å²) >= 11 is 6.32. The van der Waals surface area contributed by atoms with E-state index in [0.29, 0.717) is 29.5 Å². The van der Waals surface area contributed by atoms with E-state index in [1.165, 1.54) is 0 Å². The van der Waals surface area contributed by atoms with Crippen LogP contribution < -0.4 is 0 Å². The molecule has 2 aromatic carbocycles. The summed E-state index contributed by atoms with van der Waals surface area (Å²) < 4.78 is 5.79. The van der Waals surface area contributed by atoms with Crippen molar-refractivity contribution in [2.75, 3.05) is 39.3 Å². The Kier molecular flexibility index (Phi) is 9.59. The van der Waals surface area contributed by atoms with E-state index in [0.717, 1.165) is 63.2 Å². The number of aliphatic hydroxyl groups is 2. The Hall–Kier alpha value is -1.51. The number of halogens is 1. The fourth-order valence-electron chi connectivity index (χ4n) is 5.59. The highest BCUT2D eigenvalue weighted by Crippen LogP contribution is 2.33. The van der Waals surface area contributed by atoms with Crippen LogP contribution in [0.1, 0.15) is 44.0 Å². The zero-order valence-corrected chi connectivity index (χ0v) is 21.7. The first-order valence-electron chi connectivity index (χ1n) is 12.9. The minimum absolute atomic E-state index is 0.321. The monoisotopic (exact) mass is 501 g/mol. The zero-order valence-electron chi connectivity index (χ0n) is 21.0. The van der Waals surface area contributed by atoms with Crippen LogP contribution in [-0.4, -0.2) is 76.6 Å². The number of aliphatic hydroxyl groups excluding tert-OH is 2. The number of benzene rings is 2. The normalized spacial score (nSPS) is 24.2. The molecule has 4 rings (SSSR count). The molecule has 192 valence electrons. The van der Waals surface area contributed by atoms with E-state index in [9.17, 15) is 10.2 Å². The summed E-state index contributed by atoms with van der Waals surface area (Å²) in [7, 11) is 0. The Bertz CT molecular complexity index is 909. The number of hydrogen-bond donors (Lipinski definition) is 2. The van der Waals surface area contributed by atoms with Gasteiger partial charge in [-0.25, -0.2) is 0 Å². The van der Waals surface area contributed by atoms with E-state index in [2.05, 4.69) is 28.5 Å². The molecule has 6 nitrogen and oxygen atoms in total. The molecule has 2 N–H and O–H groups in total. The Morgan fingerprint density at radius 2 is 1.71 bits per heavy atom. The van der Waals surface area contributed by atoms with E-state index in [1.54, 1.807) is 0 Å². The minimum atomic E-state index is -0.883. The molecule has 0 spiro atoms. The topological polar surface area (TPSA) is 59.4 Å². The van der Waals surface area contributed by atoms with Crippen LogP contribution in [0.15, 0.2) is 54.6 Å². The van der Waals surface area contributed by atoms with Crippen LogP contribution in [0.4, 0.5) is 0 Å². The highest BCUT2D eigenvalue weighted by molar-refractivity contribution is 6.31. The van der Waals surface area contributed by atoms with Gasteiger partial charge in [0.05, 0.1) is 6.61 Å². The van der Waals surface area contributed by atoms with Crippen molar-refractivity contribution < 1.29 is 14.9 Å². The van der Waals surface area contributed by atoms with E-state index in [1.807, 2.05) is 54.6 Å². The van der Waals surface area contributed by atoms with Crippen LogP contribution in [0.3, 0.4) is 0 Å². The second-order valence-electron chi connectivity index (χ2n) is 10.1. The summed E-state index contributed by atoms with van der Waals surface area (Å²) in [4.78, 5) is 6.79. The molecule has 7 heteroatoms. The SMILES string of the molecule is CCN(C1CCN(CC2CN(C(O)c3ccccc3Cl)C[C@H]2C)CC1)C(O)OCc1ccccc1. The van der Waals surface area contributed by atoms with Crippen molar-refractivity contribution in [2.45, 2.75) is 52.0 Å². The van der Waals surface area contributed by atoms with Crippen molar-refractivity contribution in [1.29, 1.82) is 0 Å². The summed E-state index contributed by atoms with van der Waals surface area (Å²) in [6, 6.07) is 17.9. The molecular weight excluding hydrogens is 462 g/mol. The second kappa shape index (κ2) is 12.6. The minimum Gasteiger partial charge on any atom is -0.374 e. The molecule has 2 fully saturated rings. The lowest BCUT2D eigenvalue weighted by atomic mass is 9.95. The molecule has 2 saturated heterocycles. The van der Waals surface area contributed by atoms with Gasteiger partial charge < -0.3 is 19.8 Å². The first-order chi connectivity index (χ1) is 17.0. The van der Waals surface area contributed by atoms with Gasteiger partial charge in [0.15, 0.2) is 0 Å². The number of piperidine rings is 1. The summed E-state index contributed by atoms with van der Waals surface area (Å²) in [5, 5.41) is 22.2. The van der Waals surface area contributed by atoms with Crippen molar-refractivity contribution in [2.24, 2.45) is 11.8 Å². The summed E-state index contributed by atoms with van der Waals surface area (Å²) in [6.45, 7) is 10.4. The van der Waals surface area contributed by atoms with Crippen LogP contribution in [0.5, 0.6) is 0 Å². The summed E-state index contributed by atoms with van der Waals surface area (Å²) in [5.41, 5.74) is 1.85. The van der Waals surface area contributed by atoms with E-state index in [-0.39, 0.29) is 0 Å². The van der Waals surface area contributed by atoms with Crippen molar-refractivity contribution in [1.82, 2.24) is 14.7 Å². The second-order valence-corrected chi connectivity index (χ2v) is 10.5. The molecule has 0 bridgehead atoms. The van der Waals surface area contributed by atoms with Gasteiger partial charge in [-0.15, -0.1) is 0 Å². The predicted molar refractivity (Wildman–Crippen MR) is 140 cm³/mol. The van der Waals surface area contributed by atoms with Gasteiger partial charge in [-0.1, -0.05) is 74.0 Å². The van der Waals surface area contributed by atoms with Gasteiger partial charge in [-0.2, -0.15) is 0 Å². The number of hydrogen-bond acceptors (Lipinski definition) is 6. The molecule has 0 radical (unpaired) electrons. The lowest BCUT2D eigenvalue weighted by Gasteiger charge is -2.40. The van der Waals surface area contributed by atoms with Crippen LogP contribution in [0.2, 0.25) is 5.02 Å². The van der Waals surface area contributed by atoms with Gasteiger partial charge in [0.25, 0.3) is 0 Å². The van der Waals surface area contributed by atoms with Gasteiger partial charge in [-0.3, -0.25) is 9.80 Å². The Morgan fingerprint density at radius 3 is 2.40 bits per heavy atom. The molecule has 2 heterocycles. The van der Waals surface area contributed by atoms with Crippen LogP contribution in [-0.2, 0) is 11.3 Å². The molecule has 0 amide bonds. The van der Waals surface area contributed by atoms with Crippen molar-refractivity contribution in [3.05, 3.63) is 70.7 Å². The molecule has 35 heavy (non-hydrogen) atoms. The standard InChI is InChI=1S/C28H40ClN3O3/c1-3-32(28(34)35-20-22-9-5-4-6-10-22)24-13-15-30(16-14-24)18-23-19-31(17-21(23)2)27(33)25-11-7-8-12-26(25)29/h4-12,21,23-24,27-28,33-34H,3,13-20H2,1-2H3/t21-,23?,27?,28?/m1/s1. The van der Waals surface area contributed by atoms with Gasteiger partial charge in [0.2, 0.25) is 6.41 Å². The molecule has 2 aromatic rings. The molecule has 3 unspecified atom stereocenters. The predicted octanol–water partition coefficient (Wildman–Crippen LogP) is 4.18. The lowest BCUT2D eigenvalue weighted by Crippen LogP contribution is -2.50. The van der Waals surface area contributed by atoms with E-state index >= 15 is 0 Å². The van der Waals surface area contributed by atoms with E-state index < -0.39 is 12.6 Å². The maximum absolute atomic E-state index is 10.9. The molecule has 2 aliphatic rings. The number of ether oxygens (including phenoxy) is 1. The van der Waals surface area contributed by atoms with E-state index in [4.69, 9.17) is 16.3 Å². The first-order valence-corrected chi connectivity index (χ1v) is 13.3. The summed E-state index contributed by atoms with van der Waals surface area (Å²) in [5.74, 6) is 1.04. The van der Waals surface area contributed by atoms with Gasteiger partial charge >= 0.3 is 0 Å². The maximum atomic E-state index is 10.9. The first kappa shape index (κ1) is 26.6. The Labute approximate surface area is 215 Å². The molecule has 2 aliphatic heterocycles. The summed E-state index contributed by atoms with van der Waals surface area (Å²) in [6.07, 6.45) is 0.503. The lowest BCUT2D eigenvalue weighted by molar-refractivity contribution is -0.214.